The molecule has 25 heavy (non-hydrogen) atoms. The average molecular weight is 340 g/mol. The van der Waals surface area contributed by atoms with Crippen molar-refractivity contribution in [2.45, 2.75) is 6.42 Å². The highest BCUT2D eigenvalue weighted by molar-refractivity contribution is 5.34. The minimum Gasteiger partial charge on any atom is -0.493 e. The predicted molar refractivity (Wildman–Crippen MR) is 95.3 cm³/mol. The van der Waals surface area contributed by atoms with Crippen molar-refractivity contribution in [3.63, 3.8) is 0 Å². The van der Waals surface area contributed by atoms with E-state index >= 15 is 0 Å². The molecule has 0 spiro atoms. The van der Waals surface area contributed by atoms with Crippen LogP contribution in [-0.2, 0) is 15.9 Å². The van der Waals surface area contributed by atoms with Crippen molar-refractivity contribution in [1.82, 2.24) is 0 Å². The Labute approximate surface area is 148 Å². The highest BCUT2D eigenvalue weighted by atomic mass is 16.5. The molecule has 4 heteroatoms. The molecule has 2 aromatic carbocycles. The standard InChI is InChI=1S/C21H24O4/c1-5-20(24-14-18-10-22-11-18)6-2-16(1)9-17-3-7-21(8-4-17)25-15-19-12-23-13-19/h1-8,18-19H,9-15H2. The van der Waals surface area contributed by atoms with E-state index in [1.807, 2.05) is 24.3 Å². The molecule has 0 N–H and O–H groups in total. The molecule has 0 aliphatic carbocycles. The van der Waals surface area contributed by atoms with Gasteiger partial charge in [-0.05, 0) is 41.8 Å². The molecule has 132 valence electrons. The van der Waals surface area contributed by atoms with E-state index in [9.17, 15) is 0 Å². The molecule has 0 atom stereocenters. The molecule has 2 aromatic rings. The molecule has 0 aromatic heterocycles. The summed E-state index contributed by atoms with van der Waals surface area (Å²) in [6.45, 7) is 4.79. The maximum absolute atomic E-state index is 5.79. The van der Waals surface area contributed by atoms with Crippen molar-refractivity contribution in [3.05, 3.63) is 59.7 Å². The quantitative estimate of drug-likeness (QED) is 0.739. The fourth-order valence-electron chi connectivity index (χ4n) is 2.83. The van der Waals surface area contributed by atoms with Gasteiger partial charge in [-0.15, -0.1) is 0 Å². The van der Waals surface area contributed by atoms with Crippen LogP contribution in [0.4, 0.5) is 0 Å². The summed E-state index contributed by atoms with van der Waals surface area (Å²) in [6.07, 6.45) is 0.910. The van der Waals surface area contributed by atoms with Crippen molar-refractivity contribution in [2.24, 2.45) is 11.8 Å². The average Bonchev–Trinajstić information content (AvgIpc) is 2.55. The summed E-state index contributed by atoms with van der Waals surface area (Å²) in [5, 5.41) is 0. The predicted octanol–water partition coefficient (Wildman–Crippen LogP) is 3.33. The maximum atomic E-state index is 5.79. The van der Waals surface area contributed by atoms with E-state index in [0.717, 1.165) is 57.6 Å². The highest BCUT2D eigenvalue weighted by Gasteiger charge is 2.19. The van der Waals surface area contributed by atoms with E-state index in [4.69, 9.17) is 18.9 Å². The van der Waals surface area contributed by atoms with Gasteiger partial charge in [0, 0.05) is 11.8 Å². The highest BCUT2D eigenvalue weighted by Crippen LogP contribution is 2.20. The molecule has 0 bridgehead atoms. The van der Waals surface area contributed by atoms with Gasteiger partial charge in [-0.3, -0.25) is 0 Å². The first-order chi connectivity index (χ1) is 12.3. The fourth-order valence-corrected chi connectivity index (χ4v) is 2.83. The lowest BCUT2D eigenvalue weighted by Crippen LogP contribution is -2.32. The number of ether oxygens (including phenoxy) is 4. The Bertz CT molecular complexity index is 598. The van der Waals surface area contributed by atoms with Crippen LogP contribution in [0.5, 0.6) is 11.5 Å². The Morgan fingerprint density at radius 3 is 1.36 bits per heavy atom. The first kappa shape index (κ1) is 16.4. The van der Waals surface area contributed by atoms with Crippen LogP contribution in [0.25, 0.3) is 0 Å². The molecule has 4 nitrogen and oxygen atoms in total. The molecule has 0 saturated carbocycles. The third-order valence-electron chi connectivity index (χ3n) is 4.64. The van der Waals surface area contributed by atoms with Crippen molar-refractivity contribution in [3.8, 4) is 11.5 Å². The second-order valence-corrected chi connectivity index (χ2v) is 6.89. The summed E-state index contributed by atoms with van der Waals surface area (Å²) in [6, 6.07) is 16.7. The fraction of sp³-hybridized carbons (Fsp3) is 0.429. The van der Waals surface area contributed by atoms with E-state index in [1.54, 1.807) is 0 Å². The Kier molecular flexibility index (Phi) is 5.19. The van der Waals surface area contributed by atoms with E-state index in [-0.39, 0.29) is 0 Å². The second-order valence-electron chi connectivity index (χ2n) is 6.89. The zero-order valence-corrected chi connectivity index (χ0v) is 14.4. The van der Waals surface area contributed by atoms with Crippen LogP contribution in [-0.4, -0.2) is 39.6 Å². The smallest absolute Gasteiger partial charge is 0.119 e. The number of rotatable bonds is 8. The van der Waals surface area contributed by atoms with Gasteiger partial charge in [0.2, 0.25) is 0 Å². The maximum Gasteiger partial charge on any atom is 0.119 e. The topological polar surface area (TPSA) is 36.9 Å². The van der Waals surface area contributed by atoms with Crippen LogP contribution in [0.15, 0.2) is 48.5 Å². The summed E-state index contributed by atoms with van der Waals surface area (Å²) in [5.74, 6) is 2.97. The zero-order chi connectivity index (χ0) is 16.9. The van der Waals surface area contributed by atoms with E-state index in [1.165, 1.54) is 11.1 Å². The monoisotopic (exact) mass is 340 g/mol. The van der Waals surface area contributed by atoms with Gasteiger partial charge in [0.1, 0.15) is 11.5 Å². The van der Waals surface area contributed by atoms with Crippen LogP contribution in [0.2, 0.25) is 0 Å². The summed E-state index contributed by atoms with van der Waals surface area (Å²) >= 11 is 0. The molecule has 2 saturated heterocycles. The van der Waals surface area contributed by atoms with Crippen LogP contribution >= 0.6 is 0 Å². The SMILES string of the molecule is c1cc(OCC2COC2)ccc1Cc1ccc(OCC2COC2)cc1. The molecule has 0 unspecified atom stereocenters. The van der Waals surface area contributed by atoms with Crippen LogP contribution in [0, 0.1) is 11.8 Å². The minimum absolute atomic E-state index is 0.553. The van der Waals surface area contributed by atoms with Crippen molar-refractivity contribution in [1.29, 1.82) is 0 Å². The van der Waals surface area contributed by atoms with Gasteiger partial charge in [-0.1, -0.05) is 24.3 Å². The van der Waals surface area contributed by atoms with Gasteiger partial charge in [0.25, 0.3) is 0 Å². The van der Waals surface area contributed by atoms with Crippen LogP contribution < -0.4 is 9.47 Å². The summed E-state index contributed by atoms with van der Waals surface area (Å²) in [5.41, 5.74) is 2.55. The third-order valence-corrected chi connectivity index (χ3v) is 4.64. The molecule has 0 amide bonds. The summed E-state index contributed by atoms with van der Waals surface area (Å²) in [7, 11) is 0. The lowest BCUT2D eigenvalue weighted by molar-refractivity contribution is -0.0509. The summed E-state index contributed by atoms with van der Waals surface area (Å²) < 4.78 is 21.9. The van der Waals surface area contributed by atoms with Crippen molar-refractivity contribution >= 4 is 0 Å². The molecule has 4 rings (SSSR count). The Balaban J connectivity index is 1.25. The van der Waals surface area contributed by atoms with Gasteiger partial charge in [0.15, 0.2) is 0 Å². The van der Waals surface area contributed by atoms with Gasteiger partial charge >= 0.3 is 0 Å². The number of hydrogen-bond acceptors (Lipinski definition) is 4. The van der Waals surface area contributed by atoms with Gasteiger partial charge in [-0.2, -0.15) is 0 Å². The lowest BCUT2D eigenvalue weighted by Gasteiger charge is -2.25. The van der Waals surface area contributed by atoms with Crippen LogP contribution in [0.1, 0.15) is 11.1 Å². The Morgan fingerprint density at radius 1 is 0.640 bits per heavy atom. The zero-order valence-electron chi connectivity index (χ0n) is 14.4. The minimum atomic E-state index is 0.553. The van der Waals surface area contributed by atoms with Crippen molar-refractivity contribution in [2.75, 3.05) is 39.6 Å². The first-order valence-corrected chi connectivity index (χ1v) is 8.94. The van der Waals surface area contributed by atoms with E-state index in [0.29, 0.717) is 11.8 Å². The van der Waals surface area contributed by atoms with Crippen molar-refractivity contribution < 1.29 is 18.9 Å². The van der Waals surface area contributed by atoms with Crippen LogP contribution in [0.3, 0.4) is 0 Å². The van der Waals surface area contributed by atoms with E-state index < -0.39 is 0 Å². The second kappa shape index (κ2) is 7.89. The Hall–Kier alpha value is -2.04. The first-order valence-electron chi connectivity index (χ1n) is 8.94. The largest absolute Gasteiger partial charge is 0.493 e. The molecular weight excluding hydrogens is 316 g/mol. The lowest BCUT2D eigenvalue weighted by atomic mass is 10.0. The van der Waals surface area contributed by atoms with E-state index in [2.05, 4.69) is 24.3 Å². The molecule has 0 radical (unpaired) electrons. The third kappa shape index (κ3) is 4.53. The Morgan fingerprint density at radius 2 is 1.04 bits per heavy atom. The molecular formula is C21H24O4. The van der Waals surface area contributed by atoms with Gasteiger partial charge in [0.05, 0.1) is 39.6 Å². The number of benzene rings is 2. The molecule has 2 fully saturated rings. The molecule has 2 heterocycles. The number of hydrogen-bond donors (Lipinski definition) is 0. The van der Waals surface area contributed by atoms with Gasteiger partial charge < -0.3 is 18.9 Å². The molecule has 2 aliphatic rings. The normalized spacial score (nSPS) is 17.6. The molecule has 2 aliphatic heterocycles. The summed E-state index contributed by atoms with van der Waals surface area (Å²) in [4.78, 5) is 0. The van der Waals surface area contributed by atoms with Gasteiger partial charge in [-0.25, -0.2) is 0 Å².